The topological polar surface area (TPSA) is 82.2 Å². The second-order valence-electron chi connectivity index (χ2n) is 8.12. The van der Waals surface area contributed by atoms with Crippen LogP contribution in [0.1, 0.15) is 37.4 Å². The molecule has 0 aliphatic carbocycles. The minimum absolute atomic E-state index is 0.0265. The van der Waals surface area contributed by atoms with E-state index in [2.05, 4.69) is 5.32 Å². The van der Waals surface area contributed by atoms with E-state index in [1.54, 1.807) is 18.7 Å². The molecule has 186 valence electrons. The standard InChI is InChI=1S/C23H29F3N4O4/c1-4-18(31)30-12-10-29(11-13-30)14-17-19(21(32)34-5-2)20(27-22(33)28(17)3)15-8-6-7-9-16(15)23(24,25)26/h6-9,20H,4-5,10-14H2,1-3H3,(H,27,33). The summed E-state index contributed by atoms with van der Waals surface area (Å²) in [4.78, 5) is 42.7. The molecule has 1 fully saturated rings. The van der Waals surface area contributed by atoms with Gasteiger partial charge in [0.25, 0.3) is 0 Å². The minimum atomic E-state index is -4.67. The summed E-state index contributed by atoms with van der Waals surface area (Å²) in [5.41, 5.74) is -0.916. The summed E-state index contributed by atoms with van der Waals surface area (Å²) in [5, 5.41) is 2.54. The highest BCUT2D eigenvalue weighted by atomic mass is 19.4. The van der Waals surface area contributed by atoms with Crippen LogP contribution in [-0.4, -0.2) is 79.0 Å². The number of benzene rings is 1. The van der Waals surface area contributed by atoms with Crippen molar-refractivity contribution in [2.45, 2.75) is 32.5 Å². The van der Waals surface area contributed by atoms with Gasteiger partial charge < -0.3 is 15.0 Å². The van der Waals surface area contributed by atoms with Crippen molar-refractivity contribution in [3.05, 3.63) is 46.7 Å². The zero-order valence-electron chi connectivity index (χ0n) is 19.4. The van der Waals surface area contributed by atoms with Gasteiger partial charge in [0.1, 0.15) is 0 Å². The third-order valence-electron chi connectivity index (χ3n) is 6.05. The average Bonchev–Trinajstić information content (AvgIpc) is 2.81. The van der Waals surface area contributed by atoms with E-state index in [-0.39, 0.29) is 35.9 Å². The largest absolute Gasteiger partial charge is 0.463 e. The molecule has 0 saturated carbocycles. The van der Waals surface area contributed by atoms with Gasteiger partial charge in [-0.05, 0) is 18.6 Å². The van der Waals surface area contributed by atoms with E-state index < -0.39 is 29.8 Å². The van der Waals surface area contributed by atoms with Crippen LogP contribution in [0.3, 0.4) is 0 Å². The number of halogens is 3. The van der Waals surface area contributed by atoms with E-state index in [0.717, 1.165) is 6.07 Å². The van der Waals surface area contributed by atoms with E-state index in [1.165, 1.54) is 30.1 Å². The molecule has 11 heteroatoms. The molecule has 0 radical (unpaired) electrons. The second-order valence-corrected chi connectivity index (χ2v) is 8.12. The molecule has 1 N–H and O–H groups in total. The van der Waals surface area contributed by atoms with Gasteiger partial charge in [0.15, 0.2) is 0 Å². The van der Waals surface area contributed by atoms with Crippen LogP contribution in [0.5, 0.6) is 0 Å². The summed E-state index contributed by atoms with van der Waals surface area (Å²) in [6, 6.07) is 2.93. The number of likely N-dealkylation sites (N-methyl/N-ethyl adjacent to an activating group) is 1. The number of amides is 3. The zero-order valence-corrected chi connectivity index (χ0v) is 19.4. The normalized spacial score (nSPS) is 19.8. The van der Waals surface area contributed by atoms with Gasteiger partial charge in [-0.2, -0.15) is 13.2 Å². The van der Waals surface area contributed by atoms with Gasteiger partial charge in [-0.15, -0.1) is 0 Å². The molecular weight excluding hydrogens is 453 g/mol. The lowest BCUT2D eigenvalue weighted by Crippen LogP contribution is -2.53. The minimum Gasteiger partial charge on any atom is -0.463 e. The van der Waals surface area contributed by atoms with Crippen LogP contribution in [0, 0.1) is 0 Å². The number of piperazine rings is 1. The van der Waals surface area contributed by atoms with Gasteiger partial charge in [-0.3, -0.25) is 14.6 Å². The van der Waals surface area contributed by atoms with Gasteiger partial charge in [-0.1, -0.05) is 25.1 Å². The highest BCUT2D eigenvalue weighted by Gasteiger charge is 2.42. The third-order valence-corrected chi connectivity index (χ3v) is 6.05. The Bertz CT molecular complexity index is 971. The van der Waals surface area contributed by atoms with Crippen LogP contribution in [0.2, 0.25) is 0 Å². The Balaban J connectivity index is 2.02. The zero-order chi connectivity index (χ0) is 25.0. The number of esters is 1. The van der Waals surface area contributed by atoms with Crippen LogP contribution >= 0.6 is 0 Å². The first-order valence-electron chi connectivity index (χ1n) is 11.2. The number of alkyl halides is 3. The smallest absolute Gasteiger partial charge is 0.416 e. The van der Waals surface area contributed by atoms with Crippen molar-refractivity contribution in [1.82, 2.24) is 20.0 Å². The molecule has 2 aliphatic heterocycles. The number of nitrogens with zero attached hydrogens (tertiary/aromatic N) is 3. The van der Waals surface area contributed by atoms with Crippen molar-refractivity contribution in [3.8, 4) is 0 Å². The monoisotopic (exact) mass is 482 g/mol. The van der Waals surface area contributed by atoms with Gasteiger partial charge in [0, 0.05) is 51.9 Å². The fourth-order valence-electron chi connectivity index (χ4n) is 4.23. The van der Waals surface area contributed by atoms with Crippen molar-refractivity contribution in [2.75, 3.05) is 46.4 Å². The van der Waals surface area contributed by atoms with E-state index in [9.17, 15) is 27.6 Å². The highest BCUT2D eigenvalue weighted by Crippen LogP contribution is 2.39. The molecule has 1 aromatic carbocycles. The van der Waals surface area contributed by atoms with Crippen LogP contribution in [0.25, 0.3) is 0 Å². The number of rotatable bonds is 6. The molecular formula is C23H29F3N4O4. The fourth-order valence-corrected chi connectivity index (χ4v) is 4.23. The number of nitrogens with one attached hydrogen (secondary N) is 1. The number of hydrogen-bond acceptors (Lipinski definition) is 5. The van der Waals surface area contributed by atoms with Crippen molar-refractivity contribution in [3.63, 3.8) is 0 Å². The Morgan fingerprint density at radius 2 is 1.76 bits per heavy atom. The third kappa shape index (κ3) is 5.35. The predicted octanol–water partition coefficient (Wildman–Crippen LogP) is 2.77. The first-order valence-corrected chi connectivity index (χ1v) is 11.2. The maximum Gasteiger partial charge on any atom is 0.416 e. The summed E-state index contributed by atoms with van der Waals surface area (Å²) < 4.78 is 46.5. The summed E-state index contributed by atoms with van der Waals surface area (Å²) in [5.74, 6) is -0.741. The summed E-state index contributed by atoms with van der Waals surface area (Å²) in [6.45, 7) is 5.56. The SMILES string of the molecule is CCOC(=O)C1=C(CN2CCN(C(=O)CC)CC2)N(C)C(=O)NC1c1ccccc1C(F)(F)F. The Morgan fingerprint density at radius 1 is 1.12 bits per heavy atom. The number of ether oxygens (including phenoxy) is 1. The molecule has 1 saturated heterocycles. The van der Waals surface area contributed by atoms with Crippen LogP contribution in [0.4, 0.5) is 18.0 Å². The molecule has 8 nitrogen and oxygen atoms in total. The Morgan fingerprint density at radius 3 is 2.35 bits per heavy atom. The number of hydrogen-bond donors (Lipinski definition) is 1. The molecule has 0 spiro atoms. The van der Waals surface area contributed by atoms with Crippen LogP contribution < -0.4 is 5.32 Å². The lowest BCUT2D eigenvalue weighted by molar-refractivity contribution is -0.141. The Kier molecular flexibility index (Phi) is 7.86. The van der Waals surface area contributed by atoms with E-state index >= 15 is 0 Å². The first-order chi connectivity index (χ1) is 16.1. The van der Waals surface area contributed by atoms with Gasteiger partial charge in [0.2, 0.25) is 5.91 Å². The van der Waals surface area contributed by atoms with Gasteiger partial charge in [-0.25, -0.2) is 9.59 Å². The fraction of sp³-hybridized carbons (Fsp3) is 0.522. The highest BCUT2D eigenvalue weighted by molar-refractivity contribution is 5.95. The molecule has 1 atom stereocenters. The molecule has 1 aromatic rings. The maximum atomic E-state index is 13.8. The molecule has 3 amide bonds. The number of carbonyl (C=O) groups is 3. The van der Waals surface area contributed by atoms with Crippen LogP contribution in [-0.2, 0) is 20.5 Å². The van der Waals surface area contributed by atoms with Crippen LogP contribution in [0.15, 0.2) is 35.5 Å². The maximum absolute atomic E-state index is 13.8. The summed E-state index contributed by atoms with van der Waals surface area (Å²) in [7, 11) is 1.46. The average molecular weight is 483 g/mol. The van der Waals surface area contributed by atoms with Gasteiger partial charge >= 0.3 is 18.2 Å². The van der Waals surface area contributed by atoms with Crippen molar-refractivity contribution < 1.29 is 32.3 Å². The molecule has 0 aromatic heterocycles. The number of urea groups is 1. The molecule has 2 heterocycles. The summed E-state index contributed by atoms with van der Waals surface area (Å²) >= 11 is 0. The van der Waals surface area contributed by atoms with Crippen molar-refractivity contribution >= 4 is 17.9 Å². The molecule has 3 rings (SSSR count). The lowest BCUT2D eigenvalue weighted by atomic mass is 9.90. The molecule has 1 unspecified atom stereocenters. The van der Waals surface area contributed by atoms with Gasteiger partial charge in [0.05, 0.1) is 23.8 Å². The van der Waals surface area contributed by atoms with Crippen molar-refractivity contribution in [1.29, 1.82) is 0 Å². The molecule has 34 heavy (non-hydrogen) atoms. The van der Waals surface area contributed by atoms with E-state index in [1.807, 2.05) is 4.90 Å². The molecule has 0 bridgehead atoms. The van der Waals surface area contributed by atoms with E-state index in [4.69, 9.17) is 4.74 Å². The predicted molar refractivity (Wildman–Crippen MR) is 117 cm³/mol. The summed E-state index contributed by atoms with van der Waals surface area (Å²) in [6.07, 6.45) is -4.27. The molecule has 2 aliphatic rings. The Labute approximate surface area is 196 Å². The quantitative estimate of drug-likeness (QED) is 0.631. The first kappa shape index (κ1) is 25.5. The van der Waals surface area contributed by atoms with E-state index in [0.29, 0.717) is 32.6 Å². The Hall–Kier alpha value is -3.08. The lowest BCUT2D eigenvalue weighted by Gasteiger charge is -2.39. The van der Waals surface area contributed by atoms with Crippen molar-refractivity contribution in [2.24, 2.45) is 0 Å². The second kappa shape index (κ2) is 10.5. The number of carbonyl (C=O) groups excluding carboxylic acids is 3.